The van der Waals surface area contributed by atoms with Crippen molar-refractivity contribution in [2.75, 3.05) is 13.1 Å². The highest BCUT2D eigenvalue weighted by atomic mass is 32.1. The maximum Gasteiger partial charge on any atom is 0.335 e. The lowest BCUT2D eigenvalue weighted by Crippen LogP contribution is -2.31. The molecule has 0 aliphatic carbocycles. The first-order chi connectivity index (χ1) is 12.6. The molecule has 3 aromatic rings. The van der Waals surface area contributed by atoms with Crippen molar-refractivity contribution >= 4 is 28.6 Å². The van der Waals surface area contributed by atoms with E-state index in [9.17, 15) is 9.90 Å². The second-order valence-electron chi connectivity index (χ2n) is 6.55. The lowest BCUT2D eigenvalue weighted by molar-refractivity contribution is 0.0695. The molecular formula is C20H20N2O2S2. The molecule has 1 aliphatic heterocycles. The van der Waals surface area contributed by atoms with E-state index in [1.807, 2.05) is 30.4 Å². The molecule has 0 radical (unpaired) electrons. The van der Waals surface area contributed by atoms with E-state index in [-0.39, 0.29) is 0 Å². The van der Waals surface area contributed by atoms with Crippen LogP contribution in [0.1, 0.15) is 31.4 Å². The third-order valence-corrected chi connectivity index (χ3v) is 6.80. The van der Waals surface area contributed by atoms with E-state index in [1.165, 1.54) is 15.3 Å². The van der Waals surface area contributed by atoms with Crippen molar-refractivity contribution in [3.63, 3.8) is 0 Å². The molecule has 1 aliphatic rings. The number of aromatic carboxylic acids is 1. The molecule has 134 valence electrons. The first-order valence-electron chi connectivity index (χ1n) is 8.68. The minimum Gasteiger partial charge on any atom is -0.478 e. The van der Waals surface area contributed by atoms with Gasteiger partial charge in [-0.05, 0) is 43.0 Å². The second kappa shape index (κ2) is 7.31. The molecule has 0 amide bonds. The van der Waals surface area contributed by atoms with Gasteiger partial charge in [-0.3, -0.25) is 4.90 Å². The Morgan fingerprint density at radius 3 is 2.96 bits per heavy atom. The van der Waals surface area contributed by atoms with E-state index < -0.39 is 5.97 Å². The average molecular weight is 385 g/mol. The molecule has 0 bridgehead atoms. The van der Waals surface area contributed by atoms with Crippen molar-refractivity contribution in [3.8, 4) is 10.6 Å². The van der Waals surface area contributed by atoms with Gasteiger partial charge in [-0.1, -0.05) is 18.2 Å². The average Bonchev–Trinajstić information content (AvgIpc) is 3.25. The van der Waals surface area contributed by atoms with Gasteiger partial charge in [0.25, 0.3) is 0 Å². The van der Waals surface area contributed by atoms with Crippen molar-refractivity contribution in [1.29, 1.82) is 0 Å². The molecule has 3 heterocycles. The molecule has 4 nitrogen and oxygen atoms in total. The van der Waals surface area contributed by atoms with Gasteiger partial charge in [0.2, 0.25) is 0 Å². The van der Waals surface area contributed by atoms with Crippen LogP contribution in [-0.2, 0) is 19.4 Å². The van der Waals surface area contributed by atoms with Gasteiger partial charge in [0.05, 0.1) is 21.1 Å². The number of aryl methyl sites for hydroxylation is 1. The number of hydrogen-bond donors (Lipinski definition) is 1. The summed E-state index contributed by atoms with van der Waals surface area (Å²) in [5, 5.41) is 12.6. The molecular weight excluding hydrogens is 364 g/mol. The highest BCUT2D eigenvalue weighted by Crippen LogP contribution is 2.35. The highest BCUT2D eigenvalue weighted by molar-refractivity contribution is 7.16. The van der Waals surface area contributed by atoms with Crippen LogP contribution in [0.2, 0.25) is 0 Å². The maximum atomic E-state index is 11.4. The van der Waals surface area contributed by atoms with Gasteiger partial charge >= 0.3 is 5.97 Å². The minimum atomic E-state index is -0.845. The first kappa shape index (κ1) is 17.4. The Morgan fingerprint density at radius 2 is 2.19 bits per heavy atom. The normalized spacial score (nSPS) is 14.3. The van der Waals surface area contributed by atoms with Crippen molar-refractivity contribution in [2.24, 2.45) is 0 Å². The first-order valence-corrected chi connectivity index (χ1v) is 10.4. The van der Waals surface area contributed by atoms with Gasteiger partial charge in [0, 0.05) is 29.9 Å². The number of rotatable bonds is 5. The Bertz CT molecular complexity index is 945. The van der Waals surface area contributed by atoms with Gasteiger partial charge in [-0.2, -0.15) is 0 Å². The number of carboxylic acids is 1. The van der Waals surface area contributed by atoms with Crippen molar-refractivity contribution < 1.29 is 9.90 Å². The molecule has 26 heavy (non-hydrogen) atoms. The van der Waals surface area contributed by atoms with Crippen LogP contribution < -0.4 is 0 Å². The zero-order chi connectivity index (χ0) is 18.1. The molecule has 4 rings (SSSR count). The molecule has 0 saturated carbocycles. The van der Waals surface area contributed by atoms with Crippen molar-refractivity contribution in [3.05, 3.63) is 62.3 Å². The fraction of sp³-hybridized carbons (Fsp3) is 0.300. The minimum absolute atomic E-state index is 0.418. The van der Waals surface area contributed by atoms with E-state index in [4.69, 9.17) is 0 Å². The summed E-state index contributed by atoms with van der Waals surface area (Å²) in [5.74, 6) is -0.845. The fourth-order valence-corrected chi connectivity index (χ4v) is 5.22. The summed E-state index contributed by atoms with van der Waals surface area (Å²) >= 11 is 3.56. The number of nitrogens with zero attached hydrogens (tertiary/aromatic N) is 2. The van der Waals surface area contributed by atoms with Gasteiger partial charge in [-0.15, -0.1) is 22.7 Å². The number of hydrogen-bond acceptors (Lipinski definition) is 5. The van der Waals surface area contributed by atoms with Crippen molar-refractivity contribution in [2.45, 2.75) is 26.3 Å². The molecule has 0 saturated heterocycles. The summed E-state index contributed by atoms with van der Waals surface area (Å²) in [5.41, 5.74) is 3.82. The predicted molar refractivity (Wildman–Crippen MR) is 106 cm³/mol. The van der Waals surface area contributed by atoms with E-state index in [0.717, 1.165) is 48.7 Å². The number of aromatic nitrogens is 1. The smallest absolute Gasteiger partial charge is 0.335 e. The third-order valence-electron chi connectivity index (χ3n) is 4.76. The van der Waals surface area contributed by atoms with E-state index in [1.54, 1.807) is 23.5 Å². The summed E-state index contributed by atoms with van der Waals surface area (Å²) in [6.07, 6.45) is 1.82. The summed E-state index contributed by atoms with van der Waals surface area (Å²) in [7, 11) is 0. The molecule has 1 N–H and O–H groups in total. The SMILES string of the molecule is Cc1nc(-c2cc3c(s2)CCN(CCc2ccccc2C(=O)O)C3)cs1. The monoisotopic (exact) mass is 384 g/mol. The maximum absolute atomic E-state index is 11.4. The van der Waals surface area contributed by atoms with Crippen molar-refractivity contribution in [1.82, 2.24) is 9.88 Å². The summed E-state index contributed by atoms with van der Waals surface area (Å²) < 4.78 is 0. The molecule has 1 aromatic carbocycles. The number of thiophene rings is 1. The third kappa shape index (κ3) is 3.58. The standard InChI is InChI=1S/C20H20N2O2S2/c1-13-21-17(12-25-13)19-10-15-11-22(9-7-18(15)26-19)8-6-14-4-2-3-5-16(14)20(23)24/h2-5,10,12H,6-9,11H2,1H3,(H,23,24). The molecule has 2 aromatic heterocycles. The van der Waals surface area contributed by atoms with Crippen LogP contribution in [-0.4, -0.2) is 34.0 Å². The van der Waals surface area contributed by atoms with Crippen LogP contribution in [0, 0.1) is 6.92 Å². The van der Waals surface area contributed by atoms with E-state index in [2.05, 4.69) is 21.3 Å². The summed E-state index contributed by atoms with van der Waals surface area (Å²) in [4.78, 5) is 21.1. The van der Waals surface area contributed by atoms with Crippen LogP contribution in [0.15, 0.2) is 35.7 Å². The molecule has 6 heteroatoms. The largest absolute Gasteiger partial charge is 0.478 e. The van der Waals surface area contributed by atoms with E-state index in [0.29, 0.717) is 5.56 Å². The van der Waals surface area contributed by atoms with E-state index >= 15 is 0 Å². The highest BCUT2D eigenvalue weighted by Gasteiger charge is 2.20. The van der Waals surface area contributed by atoms with Crippen LogP contribution in [0.25, 0.3) is 10.6 Å². The Morgan fingerprint density at radius 1 is 1.35 bits per heavy atom. The quantitative estimate of drug-likeness (QED) is 0.705. The molecule has 0 atom stereocenters. The lowest BCUT2D eigenvalue weighted by Gasteiger charge is -2.26. The number of carbonyl (C=O) groups is 1. The van der Waals surface area contributed by atoms with Crippen LogP contribution in [0.3, 0.4) is 0 Å². The zero-order valence-corrected chi connectivity index (χ0v) is 16.2. The van der Waals surface area contributed by atoms with Crippen LogP contribution in [0.4, 0.5) is 0 Å². The lowest BCUT2D eigenvalue weighted by atomic mass is 10.0. The predicted octanol–water partition coefficient (Wildman–Crippen LogP) is 4.48. The van der Waals surface area contributed by atoms with Crippen LogP contribution in [0.5, 0.6) is 0 Å². The summed E-state index contributed by atoms with van der Waals surface area (Å²) in [6.45, 7) is 4.88. The van der Waals surface area contributed by atoms with Gasteiger partial charge in [0.1, 0.15) is 0 Å². The number of benzene rings is 1. The molecule has 0 unspecified atom stereocenters. The number of fused-ring (bicyclic) bond motifs is 1. The fourth-order valence-electron chi connectivity index (χ4n) is 3.41. The second-order valence-corrected chi connectivity index (χ2v) is 8.75. The number of thiazole rings is 1. The number of carboxylic acid groups (broad SMARTS) is 1. The van der Waals surface area contributed by atoms with Crippen LogP contribution >= 0.6 is 22.7 Å². The van der Waals surface area contributed by atoms with Gasteiger partial charge in [-0.25, -0.2) is 9.78 Å². The van der Waals surface area contributed by atoms with Gasteiger partial charge in [0.15, 0.2) is 0 Å². The Kier molecular flexibility index (Phi) is 4.89. The Balaban J connectivity index is 1.44. The Hall–Kier alpha value is -2.02. The Labute approximate surface area is 160 Å². The topological polar surface area (TPSA) is 53.4 Å². The molecule has 0 fully saturated rings. The van der Waals surface area contributed by atoms with Gasteiger partial charge < -0.3 is 5.11 Å². The molecule has 0 spiro atoms. The zero-order valence-electron chi connectivity index (χ0n) is 14.6. The summed E-state index contributed by atoms with van der Waals surface area (Å²) in [6, 6.07) is 9.59.